The zero-order chi connectivity index (χ0) is 20.0. The summed E-state index contributed by atoms with van der Waals surface area (Å²) in [4.78, 5) is 18.7. The van der Waals surface area contributed by atoms with Crippen molar-refractivity contribution in [3.8, 4) is 17.3 Å². The molecule has 0 aliphatic carbocycles. The molecule has 0 bridgehead atoms. The lowest BCUT2D eigenvalue weighted by atomic mass is 10.1. The molecule has 9 heteroatoms. The van der Waals surface area contributed by atoms with Crippen LogP contribution in [-0.4, -0.2) is 43.2 Å². The summed E-state index contributed by atoms with van der Waals surface area (Å²) >= 11 is 0. The van der Waals surface area contributed by atoms with Crippen LogP contribution in [0.2, 0.25) is 0 Å². The molecule has 0 spiro atoms. The molecule has 5 rings (SSSR count). The highest BCUT2D eigenvalue weighted by molar-refractivity contribution is 5.76. The minimum absolute atomic E-state index is 0.0563. The van der Waals surface area contributed by atoms with Gasteiger partial charge in [-0.05, 0) is 31.9 Å². The van der Waals surface area contributed by atoms with Gasteiger partial charge in [0.2, 0.25) is 5.88 Å². The molecule has 1 N–H and O–H groups in total. The molecule has 29 heavy (non-hydrogen) atoms. The summed E-state index contributed by atoms with van der Waals surface area (Å²) in [5.74, 6) is 1.61. The number of nitrogens with one attached hydrogen (secondary N) is 1. The third kappa shape index (κ3) is 2.89. The lowest BCUT2D eigenvalue weighted by molar-refractivity contribution is 0.385. The highest BCUT2D eigenvalue weighted by atomic mass is 19.1. The number of nitrogens with zero attached hydrogens (tertiary/aromatic N) is 6. The van der Waals surface area contributed by atoms with Crippen molar-refractivity contribution < 1.29 is 9.13 Å². The van der Waals surface area contributed by atoms with Gasteiger partial charge in [0.05, 0.1) is 30.6 Å². The van der Waals surface area contributed by atoms with E-state index in [1.165, 1.54) is 12.3 Å². The number of methoxy groups -OCH3 is 1. The first-order valence-corrected chi connectivity index (χ1v) is 9.47. The second kappa shape index (κ2) is 6.84. The number of aryl methyl sites for hydroxylation is 1. The Morgan fingerprint density at radius 2 is 2.21 bits per heavy atom. The number of hydrogen-bond donors (Lipinski definition) is 1. The number of rotatable bonds is 4. The van der Waals surface area contributed by atoms with E-state index in [4.69, 9.17) is 9.72 Å². The Bertz CT molecular complexity index is 1170. The molecule has 0 unspecified atom stereocenters. The molecule has 8 nitrogen and oxygen atoms in total. The standard InChI is InChI=1S/C20H20FN7O/c1-12-17(18-22-6-7-23-18)19-25-16(5-9-28(19)26-12)27-8-3-4-15(27)14-10-13(21)11-24-20(14)29-2/h5-7,9-11,15H,3-4,8H2,1-2H3,(H,22,23)/t15-/m1/s1. The molecule has 148 valence electrons. The molecule has 1 saturated heterocycles. The van der Waals surface area contributed by atoms with Crippen molar-refractivity contribution >= 4 is 11.5 Å². The van der Waals surface area contributed by atoms with Gasteiger partial charge in [-0.25, -0.2) is 23.9 Å². The van der Waals surface area contributed by atoms with Gasteiger partial charge >= 0.3 is 0 Å². The number of aromatic amines is 1. The number of pyridine rings is 1. The SMILES string of the molecule is COc1ncc(F)cc1[C@H]1CCCN1c1ccn2nc(C)c(-c3ncc[nH]3)c2n1. The highest BCUT2D eigenvalue weighted by Crippen LogP contribution is 2.39. The smallest absolute Gasteiger partial charge is 0.218 e. The number of hydrogen-bond acceptors (Lipinski definition) is 6. The van der Waals surface area contributed by atoms with E-state index in [2.05, 4.69) is 25.0 Å². The number of anilines is 1. The van der Waals surface area contributed by atoms with E-state index in [0.717, 1.165) is 53.5 Å². The van der Waals surface area contributed by atoms with Crippen LogP contribution in [0.3, 0.4) is 0 Å². The predicted octanol–water partition coefficient (Wildman–Crippen LogP) is 3.31. The third-order valence-corrected chi connectivity index (χ3v) is 5.33. The molecule has 5 heterocycles. The van der Waals surface area contributed by atoms with Crippen LogP contribution in [0.5, 0.6) is 5.88 Å². The van der Waals surface area contributed by atoms with Crippen LogP contribution < -0.4 is 9.64 Å². The summed E-state index contributed by atoms with van der Waals surface area (Å²) < 4.78 is 21.1. The first kappa shape index (κ1) is 17.6. The zero-order valence-electron chi connectivity index (χ0n) is 16.1. The zero-order valence-corrected chi connectivity index (χ0v) is 16.1. The van der Waals surface area contributed by atoms with Crippen molar-refractivity contribution in [1.29, 1.82) is 0 Å². The van der Waals surface area contributed by atoms with Crippen LogP contribution >= 0.6 is 0 Å². The van der Waals surface area contributed by atoms with Crippen molar-refractivity contribution in [3.63, 3.8) is 0 Å². The van der Waals surface area contributed by atoms with Crippen LogP contribution in [-0.2, 0) is 0 Å². The largest absolute Gasteiger partial charge is 0.481 e. The van der Waals surface area contributed by atoms with Crippen LogP contribution in [0.15, 0.2) is 36.9 Å². The number of imidazole rings is 1. The summed E-state index contributed by atoms with van der Waals surface area (Å²) in [6, 6.07) is 3.38. The molecule has 4 aromatic rings. The summed E-state index contributed by atoms with van der Waals surface area (Å²) in [5, 5.41) is 4.55. The van der Waals surface area contributed by atoms with Gasteiger partial charge in [0.15, 0.2) is 5.65 Å². The van der Waals surface area contributed by atoms with Crippen molar-refractivity contribution in [2.24, 2.45) is 0 Å². The Balaban J connectivity index is 1.60. The Hall–Kier alpha value is -3.49. The van der Waals surface area contributed by atoms with Gasteiger partial charge in [0, 0.05) is 30.7 Å². The number of aromatic nitrogens is 6. The van der Waals surface area contributed by atoms with E-state index in [9.17, 15) is 4.39 Å². The van der Waals surface area contributed by atoms with E-state index in [1.807, 2.05) is 19.2 Å². The molecule has 0 saturated carbocycles. The Labute approximate surface area is 166 Å². The minimum atomic E-state index is -0.373. The van der Waals surface area contributed by atoms with E-state index in [-0.39, 0.29) is 11.9 Å². The molecule has 0 aromatic carbocycles. The quantitative estimate of drug-likeness (QED) is 0.573. The van der Waals surface area contributed by atoms with Crippen LogP contribution in [0.25, 0.3) is 17.0 Å². The van der Waals surface area contributed by atoms with Crippen molar-refractivity contribution in [2.75, 3.05) is 18.6 Å². The van der Waals surface area contributed by atoms with Crippen molar-refractivity contribution in [2.45, 2.75) is 25.8 Å². The number of fused-ring (bicyclic) bond motifs is 1. The number of H-pyrrole nitrogens is 1. The lowest BCUT2D eigenvalue weighted by Gasteiger charge is -2.26. The molecule has 1 aliphatic rings. The normalized spacial score (nSPS) is 16.7. The van der Waals surface area contributed by atoms with Crippen LogP contribution in [0.1, 0.15) is 30.1 Å². The van der Waals surface area contributed by atoms with Gasteiger partial charge < -0.3 is 14.6 Å². The maximum atomic E-state index is 13.9. The highest BCUT2D eigenvalue weighted by Gasteiger charge is 2.31. The van der Waals surface area contributed by atoms with E-state index < -0.39 is 0 Å². The summed E-state index contributed by atoms with van der Waals surface area (Å²) in [5.41, 5.74) is 3.18. The van der Waals surface area contributed by atoms with Crippen LogP contribution in [0, 0.1) is 12.7 Å². The van der Waals surface area contributed by atoms with Gasteiger partial charge in [-0.2, -0.15) is 5.10 Å². The molecule has 1 fully saturated rings. The third-order valence-electron chi connectivity index (χ3n) is 5.33. The van der Waals surface area contributed by atoms with Crippen molar-refractivity contribution in [3.05, 3.63) is 54.0 Å². The monoisotopic (exact) mass is 393 g/mol. The molecule has 4 aromatic heterocycles. The van der Waals surface area contributed by atoms with E-state index in [1.54, 1.807) is 24.0 Å². The fraction of sp³-hybridized carbons (Fsp3) is 0.300. The summed E-state index contributed by atoms with van der Waals surface area (Å²) in [6.07, 6.45) is 8.41. The topological polar surface area (TPSA) is 84.2 Å². The first-order valence-electron chi connectivity index (χ1n) is 9.47. The molecular formula is C20H20FN7O. The van der Waals surface area contributed by atoms with E-state index >= 15 is 0 Å². The van der Waals surface area contributed by atoms with Gasteiger partial charge in [-0.1, -0.05) is 0 Å². The summed E-state index contributed by atoms with van der Waals surface area (Å²) in [7, 11) is 1.55. The molecule has 1 atom stereocenters. The number of ether oxygens (including phenoxy) is 1. The molecule has 0 radical (unpaired) electrons. The fourth-order valence-corrected chi connectivity index (χ4v) is 4.08. The van der Waals surface area contributed by atoms with Crippen molar-refractivity contribution in [1.82, 2.24) is 29.5 Å². The average Bonchev–Trinajstić information content (AvgIpc) is 3.46. The lowest BCUT2D eigenvalue weighted by Crippen LogP contribution is -2.24. The second-order valence-electron chi connectivity index (χ2n) is 7.06. The molecule has 1 aliphatic heterocycles. The molecule has 0 amide bonds. The minimum Gasteiger partial charge on any atom is -0.481 e. The fourth-order valence-electron chi connectivity index (χ4n) is 4.08. The Morgan fingerprint density at radius 1 is 1.31 bits per heavy atom. The van der Waals surface area contributed by atoms with Gasteiger partial charge in [-0.15, -0.1) is 0 Å². The Morgan fingerprint density at radius 3 is 3.00 bits per heavy atom. The summed E-state index contributed by atoms with van der Waals surface area (Å²) in [6.45, 7) is 2.75. The second-order valence-corrected chi connectivity index (χ2v) is 7.06. The van der Waals surface area contributed by atoms with Gasteiger partial charge in [-0.3, -0.25) is 0 Å². The van der Waals surface area contributed by atoms with Gasteiger partial charge in [0.25, 0.3) is 0 Å². The van der Waals surface area contributed by atoms with E-state index in [0.29, 0.717) is 5.88 Å². The Kier molecular flexibility index (Phi) is 4.15. The van der Waals surface area contributed by atoms with Gasteiger partial charge in [0.1, 0.15) is 17.5 Å². The maximum absolute atomic E-state index is 13.9. The first-order chi connectivity index (χ1) is 14.2. The average molecular weight is 393 g/mol. The molecular weight excluding hydrogens is 373 g/mol. The predicted molar refractivity (Wildman–Crippen MR) is 105 cm³/mol. The maximum Gasteiger partial charge on any atom is 0.218 e. The van der Waals surface area contributed by atoms with Crippen LogP contribution in [0.4, 0.5) is 10.2 Å². The number of halogens is 1.